The van der Waals surface area contributed by atoms with Crippen LogP contribution in [0.3, 0.4) is 0 Å². The molecular weight excluding hydrogens is 400 g/mol. The lowest BCUT2D eigenvalue weighted by Gasteiger charge is -2.27. The molecule has 0 atom stereocenters. The summed E-state index contributed by atoms with van der Waals surface area (Å²) in [5.74, 6) is -0.0907. The fourth-order valence-corrected chi connectivity index (χ4v) is 3.12. The molecule has 0 aliphatic carbocycles. The van der Waals surface area contributed by atoms with Crippen molar-refractivity contribution in [1.82, 2.24) is 5.32 Å². The van der Waals surface area contributed by atoms with Crippen molar-refractivity contribution in [2.24, 2.45) is 0 Å². The molecule has 3 rings (SSSR count). The number of urea groups is 1. The van der Waals surface area contributed by atoms with E-state index in [1.807, 2.05) is 13.8 Å². The molecule has 0 unspecified atom stereocenters. The van der Waals surface area contributed by atoms with Gasteiger partial charge in [0.2, 0.25) is 0 Å². The molecule has 31 heavy (non-hydrogen) atoms. The maximum absolute atomic E-state index is 13.2. The molecule has 0 radical (unpaired) electrons. The highest BCUT2D eigenvalue weighted by Crippen LogP contribution is 2.32. The predicted molar refractivity (Wildman–Crippen MR) is 115 cm³/mol. The molecule has 1 saturated heterocycles. The Labute approximate surface area is 180 Å². The van der Waals surface area contributed by atoms with E-state index in [4.69, 9.17) is 14.2 Å². The standard InChI is InChI=1S/C23H24N2O6/c1-4-29-18-10-8-7-9-17(18)25-22(27)16(21(26)24-23(25)28)13-15-11-12-19(30-5-2)20(14-15)31-6-3/h7-14H,4-6H2,1-3H3,(H,24,26,28)/b16-13+. The molecule has 0 saturated carbocycles. The molecule has 1 aliphatic rings. The zero-order chi connectivity index (χ0) is 22.4. The summed E-state index contributed by atoms with van der Waals surface area (Å²) >= 11 is 0. The highest BCUT2D eigenvalue weighted by Gasteiger charge is 2.38. The number of amides is 4. The number of nitrogens with zero attached hydrogens (tertiary/aromatic N) is 1. The molecule has 8 nitrogen and oxygen atoms in total. The van der Waals surface area contributed by atoms with Crippen molar-refractivity contribution in [2.75, 3.05) is 24.7 Å². The Kier molecular flexibility index (Phi) is 6.92. The number of para-hydroxylation sites is 2. The number of anilines is 1. The summed E-state index contributed by atoms with van der Waals surface area (Å²) in [4.78, 5) is 39.0. The van der Waals surface area contributed by atoms with Gasteiger partial charge in [-0.05, 0) is 56.7 Å². The van der Waals surface area contributed by atoms with Gasteiger partial charge in [-0.2, -0.15) is 0 Å². The fraction of sp³-hybridized carbons (Fsp3) is 0.261. The van der Waals surface area contributed by atoms with E-state index in [0.717, 1.165) is 4.90 Å². The van der Waals surface area contributed by atoms with Crippen molar-refractivity contribution in [1.29, 1.82) is 0 Å². The van der Waals surface area contributed by atoms with Gasteiger partial charge in [-0.25, -0.2) is 9.69 Å². The van der Waals surface area contributed by atoms with Crippen LogP contribution in [-0.2, 0) is 9.59 Å². The number of benzene rings is 2. The molecule has 4 amide bonds. The van der Waals surface area contributed by atoms with E-state index in [9.17, 15) is 14.4 Å². The normalized spacial score (nSPS) is 15.1. The van der Waals surface area contributed by atoms with Crippen LogP contribution in [-0.4, -0.2) is 37.7 Å². The van der Waals surface area contributed by atoms with E-state index in [1.54, 1.807) is 49.4 Å². The van der Waals surface area contributed by atoms with Crippen LogP contribution in [0.1, 0.15) is 26.3 Å². The average molecular weight is 424 g/mol. The summed E-state index contributed by atoms with van der Waals surface area (Å²) in [7, 11) is 0. The molecule has 8 heteroatoms. The van der Waals surface area contributed by atoms with Crippen LogP contribution in [0.2, 0.25) is 0 Å². The molecule has 2 aromatic rings. The third-order valence-electron chi connectivity index (χ3n) is 4.39. The van der Waals surface area contributed by atoms with Crippen LogP contribution < -0.4 is 24.4 Å². The Hall–Kier alpha value is -3.81. The SMILES string of the molecule is CCOc1ccc(/C=C2\C(=O)NC(=O)N(c3ccccc3OCC)C2=O)cc1OCC. The number of imide groups is 2. The highest BCUT2D eigenvalue weighted by atomic mass is 16.5. The summed E-state index contributed by atoms with van der Waals surface area (Å²) in [6, 6.07) is 10.9. The maximum Gasteiger partial charge on any atom is 0.336 e. The van der Waals surface area contributed by atoms with E-state index in [-0.39, 0.29) is 11.3 Å². The molecule has 162 valence electrons. The lowest BCUT2D eigenvalue weighted by molar-refractivity contribution is -0.122. The van der Waals surface area contributed by atoms with Gasteiger partial charge in [-0.15, -0.1) is 0 Å². The van der Waals surface area contributed by atoms with E-state index in [1.165, 1.54) is 6.08 Å². The minimum Gasteiger partial charge on any atom is -0.492 e. The van der Waals surface area contributed by atoms with E-state index >= 15 is 0 Å². The van der Waals surface area contributed by atoms with Gasteiger partial charge in [-0.1, -0.05) is 18.2 Å². The first-order chi connectivity index (χ1) is 15.0. The zero-order valence-corrected chi connectivity index (χ0v) is 17.6. The number of ether oxygens (including phenoxy) is 3. The Balaban J connectivity index is 2.01. The minimum atomic E-state index is -0.832. The van der Waals surface area contributed by atoms with Crippen LogP contribution in [0, 0.1) is 0 Å². The summed E-state index contributed by atoms with van der Waals surface area (Å²) in [6.07, 6.45) is 1.42. The van der Waals surface area contributed by atoms with Gasteiger partial charge in [0.1, 0.15) is 11.3 Å². The van der Waals surface area contributed by atoms with E-state index in [2.05, 4.69) is 5.32 Å². The van der Waals surface area contributed by atoms with Crippen molar-refractivity contribution in [3.8, 4) is 17.2 Å². The van der Waals surface area contributed by atoms with E-state index < -0.39 is 17.8 Å². The van der Waals surface area contributed by atoms with Gasteiger partial charge in [0.25, 0.3) is 11.8 Å². The Bertz CT molecular complexity index is 1030. The molecule has 0 spiro atoms. The monoisotopic (exact) mass is 424 g/mol. The topological polar surface area (TPSA) is 94.2 Å². The Morgan fingerprint density at radius 1 is 0.839 bits per heavy atom. The molecular formula is C23H24N2O6. The fourth-order valence-electron chi connectivity index (χ4n) is 3.12. The van der Waals surface area contributed by atoms with Crippen LogP contribution >= 0.6 is 0 Å². The largest absolute Gasteiger partial charge is 0.492 e. The first-order valence-electron chi connectivity index (χ1n) is 10.0. The summed E-state index contributed by atoms with van der Waals surface area (Å²) in [5, 5.41) is 2.22. The van der Waals surface area contributed by atoms with Gasteiger partial charge in [-0.3, -0.25) is 14.9 Å². The lowest BCUT2D eigenvalue weighted by Crippen LogP contribution is -2.54. The molecule has 2 aromatic carbocycles. The third-order valence-corrected chi connectivity index (χ3v) is 4.39. The second-order valence-corrected chi connectivity index (χ2v) is 6.43. The van der Waals surface area contributed by atoms with Gasteiger partial charge < -0.3 is 14.2 Å². The molecule has 0 bridgehead atoms. The number of hydrogen-bond donors (Lipinski definition) is 1. The molecule has 1 N–H and O–H groups in total. The molecule has 1 aliphatic heterocycles. The number of hydrogen-bond acceptors (Lipinski definition) is 6. The van der Waals surface area contributed by atoms with Gasteiger partial charge in [0.15, 0.2) is 11.5 Å². The second-order valence-electron chi connectivity index (χ2n) is 6.43. The number of barbiturate groups is 1. The second kappa shape index (κ2) is 9.80. The quantitative estimate of drug-likeness (QED) is 0.515. The lowest BCUT2D eigenvalue weighted by atomic mass is 10.1. The smallest absolute Gasteiger partial charge is 0.336 e. The summed E-state index contributed by atoms with van der Waals surface area (Å²) in [5.41, 5.74) is 0.627. The van der Waals surface area contributed by atoms with Gasteiger partial charge in [0.05, 0.1) is 25.5 Å². The molecule has 0 aromatic heterocycles. The third kappa shape index (κ3) is 4.69. The van der Waals surface area contributed by atoms with Crippen LogP contribution in [0.15, 0.2) is 48.0 Å². The first kappa shape index (κ1) is 21.9. The van der Waals surface area contributed by atoms with Crippen molar-refractivity contribution < 1.29 is 28.6 Å². The summed E-state index contributed by atoms with van der Waals surface area (Å²) in [6.45, 7) is 6.76. The number of nitrogens with one attached hydrogen (secondary N) is 1. The van der Waals surface area contributed by atoms with Crippen LogP contribution in [0.4, 0.5) is 10.5 Å². The maximum atomic E-state index is 13.2. The van der Waals surface area contributed by atoms with E-state index in [0.29, 0.717) is 42.6 Å². The Morgan fingerprint density at radius 2 is 1.48 bits per heavy atom. The number of rotatable bonds is 8. The molecule has 1 fully saturated rings. The summed E-state index contributed by atoms with van der Waals surface area (Å²) < 4.78 is 16.7. The zero-order valence-electron chi connectivity index (χ0n) is 17.6. The van der Waals surface area contributed by atoms with Gasteiger partial charge in [0, 0.05) is 0 Å². The van der Waals surface area contributed by atoms with Gasteiger partial charge >= 0.3 is 6.03 Å². The highest BCUT2D eigenvalue weighted by molar-refractivity contribution is 6.39. The number of carbonyl (C=O) groups is 3. The first-order valence-corrected chi connectivity index (χ1v) is 10.0. The minimum absolute atomic E-state index is 0.183. The van der Waals surface area contributed by atoms with Crippen molar-refractivity contribution in [3.05, 3.63) is 53.6 Å². The van der Waals surface area contributed by atoms with Crippen molar-refractivity contribution >= 4 is 29.6 Å². The number of carbonyl (C=O) groups excluding carboxylic acids is 3. The van der Waals surface area contributed by atoms with Crippen LogP contribution in [0.5, 0.6) is 17.2 Å². The average Bonchev–Trinajstić information content (AvgIpc) is 2.74. The van der Waals surface area contributed by atoms with Crippen LogP contribution in [0.25, 0.3) is 6.08 Å². The van der Waals surface area contributed by atoms with Crippen molar-refractivity contribution in [3.63, 3.8) is 0 Å². The van der Waals surface area contributed by atoms with Crippen molar-refractivity contribution in [2.45, 2.75) is 20.8 Å². The molecule has 1 heterocycles. The predicted octanol–water partition coefficient (Wildman–Crippen LogP) is 3.55. The Morgan fingerprint density at radius 3 is 2.19 bits per heavy atom.